The van der Waals surface area contributed by atoms with Gasteiger partial charge in [0.1, 0.15) is 6.04 Å². The molecule has 0 aliphatic heterocycles. The van der Waals surface area contributed by atoms with E-state index < -0.39 is 12.0 Å². The molecule has 0 saturated carbocycles. The number of rotatable bonds is 9. The Bertz CT molecular complexity index is 448. The maximum atomic E-state index is 11.8. The third-order valence-electron chi connectivity index (χ3n) is 2.95. The Morgan fingerprint density at radius 2 is 1.90 bits per heavy atom. The lowest BCUT2D eigenvalue weighted by Crippen LogP contribution is -2.42. The van der Waals surface area contributed by atoms with Crippen molar-refractivity contribution in [3.8, 4) is 0 Å². The number of amides is 1. The van der Waals surface area contributed by atoms with E-state index in [2.05, 4.69) is 17.4 Å². The van der Waals surface area contributed by atoms with Gasteiger partial charge < -0.3 is 10.4 Å². The SMILES string of the molecule is CC(C)CC(NC(=O)CSCCc1ccccc1)C(=O)O. The Hall–Kier alpha value is -1.49. The van der Waals surface area contributed by atoms with Crippen LogP contribution in [0.25, 0.3) is 0 Å². The Morgan fingerprint density at radius 3 is 2.48 bits per heavy atom. The van der Waals surface area contributed by atoms with Gasteiger partial charge in [-0.05, 0) is 30.1 Å². The fourth-order valence-electron chi connectivity index (χ4n) is 1.93. The zero-order chi connectivity index (χ0) is 15.7. The molecule has 1 atom stereocenters. The highest BCUT2D eigenvalue weighted by atomic mass is 32.2. The minimum Gasteiger partial charge on any atom is -0.480 e. The molecule has 0 bridgehead atoms. The maximum Gasteiger partial charge on any atom is 0.326 e. The molecule has 1 aromatic rings. The molecule has 2 N–H and O–H groups in total. The molecule has 1 rings (SSSR count). The number of hydrogen-bond acceptors (Lipinski definition) is 3. The lowest BCUT2D eigenvalue weighted by atomic mass is 10.0. The summed E-state index contributed by atoms with van der Waals surface area (Å²) in [5, 5.41) is 11.7. The van der Waals surface area contributed by atoms with E-state index in [9.17, 15) is 9.59 Å². The van der Waals surface area contributed by atoms with Gasteiger partial charge in [0, 0.05) is 0 Å². The van der Waals surface area contributed by atoms with E-state index in [-0.39, 0.29) is 11.8 Å². The van der Waals surface area contributed by atoms with Crippen LogP contribution in [0.5, 0.6) is 0 Å². The average molecular weight is 309 g/mol. The molecule has 21 heavy (non-hydrogen) atoms. The van der Waals surface area contributed by atoms with Gasteiger partial charge in [-0.2, -0.15) is 11.8 Å². The summed E-state index contributed by atoms with van der Waals surface area (Å²) < 4.78 is 0. The van der Waals surface area contributed by atoms with Crippen LogP contribution >= 0.6 is 11.8 Å². The number of aliphatic carboxylic acids is 1. The Kier molecular flexibility index (Phi) is 7.90. The lowest BCUT2D eigenvalue weighted by Gasteiger charge is -2.16. The van der Waals surface area contributed by atoms with E-state index in [0.717, 1.165) is 12.2 Å². The molecule has 0 fully saturated rings. The first-order chi connectivity index (χ1) is 9.99. The van der Waals surface area contributed by atoms with Gasteiger partial charge in [0.25, 0.3) is 0 Å². The van der Waals surface area contributed by atoms with E-state index in [1.807, 2.05) is 32.0 Å². The van der Waals surface area contributed by atoms with Crippen molar-refractivity contribution in [3.63, 3.8) is 0 Å². The maximum absolute atomic E-state index is 11.8. The fourth-order valence-corrected chi connectivity index (χ4v) is 2.72. The molecule has 4 nitrogen and oxygen atoms in total. The first-order valence-corrected chi connectivity index (χ1v) is 8.28. The van der Waals surface area contributed by atoms with Crippen molar-refractivity contribution in [1.82, 2.24) is 5.32 Å². The summed E-state index contributed by atoms with van der Waals surface area (Å²) in [7, 11) is 0. The van der Waals surface area contributed by atoms with Crippen LogP contribution in [0, 0.1) is 5.92 Å². The number of carboxylic acid groups (broad SMARTS) is 1. The number of carbonyl (C=O) groups excluding carboxylic acids is 1. The van der Waals surface area contributed by atoms with Gasteiger partial charge in [0.05, 0.1) is 5.75 Å². The highest BCUT2D eigenvalue weighted by Gasteiger charge is 2.20. The smallest absolute Gasteiger partial charge is 0.326 e. The summed E-state index contributed by atoms with van der Waals surface area (Å²) in [5.41, 5.74) is 1.24. The highest BCUT2D eigenvalue weighted by Crippen LogP contribution is 2.08. The van der Waals surface area contributed by atoms with Crippen LogP contribution in [0.15, 0.2) is 30.3 Å². The number of aryl methyl sites for hydroxylation is 1. The van der Waals surface area contributed by atoms with Crippen LogP contribution in [0.3, 0.4) is 0 Å². The molecule has 5 heteroatoms. The van der Waals surface area contributed by atoms with Crippen molar-refractivity contribution in [1.29, 1.82) is 0 Å². The summed E-state index contributed by atoms with van der Waals surface area (Å²) in [6.07, 6.45) is 1.36. The number of hydrogen-bond donors (Lipinski definition) is 2. The van der Waals surface area contributed by atoms with Gasteiger partial charge in [-0.15, -0.1) is 0 Å². The zero-order valence-electron chi connectivity index (χ0n) is 12.5. The molecule has 1 amide bonds. The third-order valence-corrected chi connectivity index (χ3v) is 3.91. The Labute approximate surface area is 130 Å². The third kappa shape index (κ3) is 7.75. The van der Waals surface area contributed by atoms with Gasteiger partial charge in [0.2, 0.25) is 5.91 Å². The molecule has 116 valence electrons. The molecule has 0 aliphatic carbocycles. The predicted molar refractivity (Wildman–Crippen MR) is 86.5 cm³/mol. The molecule has 0 heterocycles. The van der Waals surface area contributed by atoms with Gasteiger partial charge >= 0.3 is 5.97 Å². The predicted octanol–water partition coefficient (Wildman–Crippen LogP) is 2.58. The van der Waals surface area contributed by atoms with E-state index in [1.54, 1.807) is 0 Å². The Morgan fingerprint density at radius 1 is 1.24 bits per heavy atom. The largest absolute Gasteiger partial charge is 0.480 e. The minimum atomic E-state index is -0.966. The van der Waals surface area contributed by atoms with Crippen LogP contribution in [0.4, 0.5) is 0 Å². The van der Waals surface area contributed by atoms with E-state index in [1.165, 1.54) is 17.3 Å². The van der Waals surface area contributed by atoms with Gasteiger partial charge in [0.15, 0.2) is 0 Å². The van der Waals surface area contributed by atoms with Crippen LogP contribution < -0.4 is 5.32 Å². The summed E-state index contributed by atoms with van der Waals surface area (Å²) in [5.74, 6) is 0.207. The van der Waals surface area contributed by atoms with Crippen LogP contribution in [-0.2, 0) is 16.0 Å². The normalized spacial score (nSPS) is 12.1. The molecule has 0 spiro atoms. The number of carboxylic acids is 1. The second-order valence-electron chi connectivity index (χ2n) is 5.38. The van der Waals surface area contributed by atoms with Crippen molar-refractivity contribution in [3.05, 3.63) is 35.9 Å². The molecule has 1 unspecified atom stereocenters. The second kappa shape index (κ2) is 9.45. The molecular formula is C16H23NO3S. The quantitative estimate of drug-likeness (QED) is 0.688. The van der Waals surface area contributed by atoms with Crippen molar-refractivity contribution in [2.24, 2.45) is 5.92 Å². The van der Waals surface area contributed by atoms with Gasteiger partial charge in [-0.1, -0.05) is 44.2 Å². The van der Waals surface area contributed by atoms with Crippen LogP contribution in [0.1, 0.15) is 25.8 Å². The number of thioether (sulfide) groups is 1. The van der Waals surface area contributed by atoms with E-state index in [0.29, 0.717) is 12.2 Å². The Balaban J connectivity index is 2.25. The molecule has 1 aromatic carbocycles. The first kappa shape index (κ1) is 17.6. The van der Waals surface area contributed by atoms with E-state index >= 15 is 0 Å². The topological polar surface area (TPSA) is 66.4 Å². The monoisotopic (exact) mass is 309 g/mol. The standard InChI is InChI=1S/C16H23NO3S/c1-12(2)10-14(16(19)20)17-15(18)11-21-9-8-13-6-4-3-5-7-13/h3-7,12,14H,8-11H2,1-2H3,(H,17,18)(H,19,20). The van der Waals surface area contributed by atoms with Crippen molar-refractivity contribution in [2.75, 3.05) is 11.5 Å². The average Bonchev–Trinajstić information content (AvgIpc) is 2.43. The van der Waals surface area contributed by atoms with Crippen LogP contribution in [-0.4, -0.2) is 34.5 Å². The number of carbonyl (C=O) groups is 2. The second-order valence-corrected chi connectivity index (χ2v) is 6.48. The molecule has 0 radical (unpaired) electrons. The highest BCUT2D eigenvalue weighted by molar-refractivity contribution is 7.99. The van der Waals surface area contributed by atoms with Crippen LogP contribution in [0.2, 0.25) is 0 Å². The van der Waals surface area contributed by atoms with Gasteiger partial charge in [-0.3, -0.25) is 4.79 Å². The van der Waals surface area contributed by atoms with E-state index in [4.69, 9.17) is 5.11 Å². The lowest BCUT2D eigenvalue weighted by molar-refractivity contribution is -0.141. The fraction of sp³-hybridized carbons (Fsp3) is 0.500. The zero-order valence-corrected chi connectivity index (χ0v) is 13.4. The van der Waals surface area contributed by atoms with Gasteiger partial charge in [-0.25, -0.2) is 4.79 Å². The van der Waals surface area contributed by atoms with Crippen molar-refractivity contribution in [2.45, 2.75) is 32.7 Å². The first-order valence-electron chi connectivity index (χ1n) is 7.13. The minimum absolute atomic E-state index is 0.207. The number of benzene rings is 1. The summed E-state index contributed by atoms with van der Waals surface area (Å²) in [6.45, 7) is 3.88. The molecular weight excluding hydrogens is 286 g/mol. The summed E-state index contributed by atoms with van der Waals surface area (Å²) >= 11 is 1.52. The molecule has 0 aromatic heterocycles. The van der Waals surface area contributed by atoms with Crippen molar-refractivity contribution >= 4 is 23.6 Å². The molecule has 0 saturated heterocycles. The van der Waals surface area contributed by atoms with Crippen molar-refractivity contribution < 1.29 is 14.7 Å². The summed E-state index contributed by atoms with van der Waals surface area (Å²) in [6, 6.07) is 9.30. The summed E-state index contributed by atoms with van der Waals surface area (Å²) in [4.78, 5) is 22.8. The number of nitrogens with one attached hydrogen (secondary N) is 1. The molecule has 0 aliphatic rings.